The summed E-state index contributed by atoms with van der Waals surface area (Å²) in [5.74, 6) is 0.308. The first-order valence-corrected chi connectivity index (χ1v) is 10.1. The molecule has 1 amide bonds. The number of aryl methyl sites for hydroxylation is 2. The van der Waals surface area contributed by atoms with Crippen molar-refractivity contribution in [1.29, 1.82) is 0 Å². The molecule has 0 saturated heterocycles. The Morgan fingerprint density at radius 3 is 2.30 bits per heavy atom. The van der Waals surface area contributed by atoms with Crippen molar-refractivity contribution in [2.45, 2.75) is 13.8 Å². The molecule has 0 spiro atoms. The number of anilines is 2. The van der Waals surface area contributed by atoms with E-state index in [0.717, 1.165) is 21.7 Å². The molecule has 0 heterocycles. The molecule has 0 saturated carbocycles. The van der Waals surface area contributed by atoms with Crippen LogP contribution in [-0.4, -0.2) is 41.3 Å². The van der Waals surface area contributed by atoms with Gasteiger partial charge in [0.2, 0.25) is 15.9 Å². The number of hydrogen-bond donors (Lipinski definition) is 1. The fourth-order valence-electron chi connectivity index (χ4n) is 2.52. The zero-order valence-corrected chi connectivity index (χ0v) is 16.9. The molecule has 0 radical (unpaired) electrons. The number of sulfonamides is 1. The van der Waals surface area contributed by atoms with E-state index in [1.807, 2.05) is 26.0 Å². The van der Waals surface area contributed by atoms with Crippen molar-refractivity contribution in [3.05, 3.63) is 47.5 Å². The first-order valence-electron chi connectivity index (χ1n) is 8.22. The Bertz CT molecular complexity index is 941. The van der Waals surface area contributed by atoms with Crippen LogP contribution in [0.3, 0.4) is 0 Å². The summed E-state index contributed by atoms with van der Waals surface area (Å²) < 4.78 is 36.1. The smallest absolute Gasteiger partial charge is 0.245 e. The lowest BCUT2D eigenvalue weighted by Gasteiger charge is -2.24. The third kappa shape index (κ3) is 5.13. The third-order valence-electron chi connectivity index (χ3n) is 4.13. The molecule has 27 heavy (non-hydrogen) atoms. The summed E-state index contributed by atoms with van der Waals surface area (Å²) in [4.78, 5) is 12.5. The molecule has 7 nitrogen and oxygen atoms in total. The zero-order chi connectivity index (χ0) is 20.2. The second-order valence-electron chi connectivity index (χ2n) is 6.15. The summed E-state index contributed by atoms with van der Waals surface area (Å²) in [6.07, 6.45) is 1.04. The number of rotatable bonds is 7. The van der Waals surface area contributed by atoms with Gasteiger partial charge in [0.05, 0.1) is 26.2 Å². The van der Waals surface area contributed by atoms with E-state index < -0.39 is 22.5 Å². The standard InChI is InChI=1S/C19H24N2O5S/c1-13-6-7-15(10-14(13)2)20-19(22)12-21(27(5,23)24)17-11-16(25-3)8-9-18(17)26-4/h6-11H,12H2,1-5H3,(H,20,22). The zero-order valence-electron chi connectivity index (χ0n) is 16.1. The predicted molar refractivity (Wildman–Crippen MR) is 106 cm³/mol. The van der Waals surface area contributed by atoms with E-state index in [9.17, 15) is 13.2 Å². The van der Waals surface area contributed by atoms with Crippen LogP contribution in [0.2, 0.25) is 0 Å². The molecule has 0 aromatic heterocycles. The van der Waals surface area contributed by atoms with E-state index in [0.29, 0.717) is 17.2 Å². The van der Waals surface area contributed by atoms with Crippen molar-refractivity contribution in [2.24, 2.45) is 0 Å². The Balaban J connectivity index is 2.32. The number of benzene rings is 2. The molecule has 2 aromatic rings. The van der Waals surface area contributed by atoms with Gasteiger partial charge in [-0.3, -0.25) is 9.10 Å². The van der Waals surface area contributed by atoms with Crippen molar-refractivity contribution in [1.82, 2.24) is 0 Å². The minimum atomic E-state index is -3.74. The number of nitrogens with one attached hydrogen (secondary N) is 1. The van der Waals surface area contributed by atoms with Gasteiger partial charge in [-0.2, -0.15) is 0 Å². The summed E-state index contributed by atoms with van der Waals surface area (Å²) >= 11 is 0. The van der Waals surface area contributed by atoms with E-state index in [1.54, 1.807) is 18.2 Å². The van der Waals surface area contributed by atoms with Crippen LogP contribution < -0.4 is 19.1 Å². The highest BCUT2D eigenvalue weighted by molar-refractivity contribution is 7.92. The number of methoxy groups -OCH3 is 2. The molecule has 0 aliphatic heterocycles. The molecule has 8 heteroatoms. The van der Waals surface area contributed by atoms with Gasteiger partial charge in [0.1, 0.15) is 18.0 Å². The van der Waals surface area contributed by atoms with Gasteiger partial charge in [-0.15, -0.1) is 0 Å². The molecule has 0 bridgehead atoms. The highest BCUT2D eigenvalue weighted by Crippen LogP contribution is 2.33. The van der Waals surface area contributed by atoms with Crippen molar-refractivity contribution < 1.29 is 22.7 Å². The molecule has 0 unspecified atom stereocenters. The number of amides is 1. The normalized spacial score (nSPS) is 11.0. The molecular weight excluding hydrogens is 368 g/mol. The summed E-state index contributed by atoms with van der Waals surface area (Å²) in [6.45, 7) is 3.52. The van der Waals surface area contributed by atoms with Crippen molar-refractivity contribution in [3.8, 4) is 11.5 Å². The Morgan fingerprint density at radius 1 is 1.04 bits per heavy atom. The van der Waals surface area contributed by atoms with Crippen LogP contribution in [0.1, 0.15) is 11.1 Å². The van der Waals surface area contributed by atoms with E-state index in [2.05, 4.69) is 5.32 Å². The first-order chi connectivity index (χ1) is 12.7. The number of carbonyl (C=O) groups excluding carboxylic acids is 1. The fraction of sp³-hybridized carbons (Fsp3) is 0.316. The highest BCUT2D eigenvalue weighted by Gasteiger charge is 2.24. The Kier molecular flexibility index (Phi) is 6.32. The molecule has 0 atom stereocenters. The number of nitrogens with zero attached hydrogens (tertiary/aromatic N) is 1. The van der Waals surface area contributed by atoms with Gasteiger partial charge in [-0.05, 0) is 49.2 Å². The van der Waals surface area contributed by atoms with Crippen LogP contribution in [-0.2, 0) is 14.8 Å². The summed E-state index contributed by atoms with van der Waals surface area (Å²) in [7, 11) is -0.834. The average Bonchev–Trinajstić information content (AvgIpc) is 2.61. The highest BCUT2D eigenvalue weighted by atomic mass is 32.2. The fourth-order valence-corrected chi connectivity index (χ4v) is 3.37. The van der Waals surface area contributed by atoms with E-state index in [-0.39, 0.29) is 5.69 Å². The largest absolute Gasteiger partial charge is 0.497 e. The molecule has 0 aliphatic rings. The van der Waals surface area contributed by atoms with Crippen molar-refractivity contribution in [2.75, 3.05) is 36.6 Å². The molecule has 2 aromatic carbocycles. The molecule has 0 aliphatic carbocycles. The maximum Gasteiger partial charge on any atom is 0.245 e. The van der Waals surface area contributed by atoms with Crippen LogP contribution in [0.4, 0.5) is 11.4 Å². The molecule has 146 valence electrons. The topological polar surface area (TPSA) is 84.9 Å². The van der Waals surface area contributed by atoms with Gasteiger partial charge in [0, 0.05) is 11.8 Å². The SMILES string of the molecule is COc1ccc(OC)c(N(CC(=O)Nc2ccc(C)c(C)c2)S(C)(=O)=O)c1. The second-order valence-corrected chi connectivity index (χ2v) is 8.06. The summed E-state index contributed by atoms with van der Waals surface area (Å²) in [6, 6.07) is 10.3. The monoisotopic (exact) mass is 392 g/mol. The van der Waals surface area contributed by atoms with Gasteiger partial charge in [-0.25, -0.2) is 8.42 Å². The molecule has 0 fully saturated rings. The maximum atomic E-state index is 12.5. The minimum Gasteiger partial charge on any atom is -0.497 e. The third-order valence-corrected chi connectivity index (χ3v) is 5.26. The van der Waals surface area contributed by atoms with Gasteiger partial charge < -0.3 is 14.8 Å². The Labute approximate surface area is 160 Å². The van der Waals surface area contributed by atoms with Crippen LogP contribution >= 0.6 is 0 Å². The summed E-state index contributed by atoms with van der Waals surface area (Å²) in [5, 5.41) is 2.73. The van der Waals surface area contributed by atoms with Crippen LogP contribution in [0.5, 0.6) is 11.5 Å². The van der Waals surface area contributed by atoms with Gasteiger partial charge >= 0.3 is 0 Å². The van der Waals surface area contributed by atoms with Crippen LogP contribution in [0.15, 0.2) is 36.4 Å². The number of hydrogen-bond acceptors (Lipinski definition) is 5. The van der Waals surface area contributed by atoms with Crippen LogP contribution in [0, 0.1) is 13.8 Å². The average molecular weight is 392 g/mol. The van der Waals surface area contributed by atoms with Gasteiger partial charge in [0.25, 0.3) is 0 Å². The lowest BCUT2D eigenvalue weighted by Crippen LogP contribution is -2.37. The molecular formula is C19H24N2O5S. The van der Waals surface area contributed by atoms with E-state index >= 15 is 0 Å². The molecule has 1 N–H and O–H groups in total. The summed E-state index contributed by atoms with van der Waals surface area (Å²) in [5.41, 5.74) is 2.97. The minimum absolute atomic E-state index is 0.231. The first kappa shape index (κ1) is 20.6. The molecule has 2 rings (SSSR count). The van der Waals surface area contributed by atoms with Crippen molar-refractivity contribution >= 4 is 27.3 Å². The quantitative estimate of drug-likeness (QED) is 0.783. The van der Waals surface area contributed by atoms with Gasteiger partial charge in [-0.1, -0.05) is 6.07 Å². The predicted octanol–water partition coefficient (Wildman–Crippen LogP) is 2.73. The maximum absolute atomic E-state index is 12.5. The van der Waals surface area contributed by atoms with E-state index in [1.165, 1.54) is 20.3 Å². The lowest BCUT2D eigenvalue weighted by molar-refractivity contribution is -0.114. The van der Waals surface area contributed by atoms with Crippen LogP contribution in [0.25, 0.3) is 0 Å². The number of ether oxygens (including phenoxy) is 2. The van der Waals surface area contributed by atoms with Crippen molar-refractivity contribution in [3.63, 3.8) is 0 Å². The Morgan fingerprint density at radius 2 is 1.74 bits per heavy atom. The van der Waals surface area contributed by atoms with Gasteiger partial charge in [0.15, 0.2) is 0 Å². The lowest BCUT2D eigenvalue weighted by atomic mass is 10.1. The Hall–Kier alpha value is -2.74. The number of carbonyl (C=O) groups is 1. The second kappa shape index (κ2) is 8.30. The van der Waals surface area contributed by atoms with E-state index in [4.69, 9.17) is 9.47 Å².